The van der Waals surface area contributed by atoms with Crippen LogP contribution in [0.5, 0.6) is 0 Å². The van der Waals surface area contributed by atoms with Gasteiger partial charge in [-0.25, -0.2) is 0 Å². The predicted molar refractivity (Wildman–Crippen MR) is 169 cm³/mol. The quantitative estimate of drug-likeness (QED) is 0.152. The monoisotopic (exact) mass is 570 g/mol. The Morgan fingerprint density at radius 1 is 0.558 bits per heavy atom. The molecule has 0 amide bonds. The van der Waals surface area contributed by atoms with Gasteiger partial charge in [0, 0.05) is 47.7 Å². The molecular formula is C36H34N4O3. The summed E-state index contributed by atoms with van der Waals surface area (Å²) in [5, 5.41) is 15.4. The normalized spacial score (nSPS) is 11.0. The summed E-state index contributed by atoms with van der Waals surface area (Å²) >= 11 is 0. The van der Waals surface area contributed by atoms with Gasteiger partial charge in [0.15, 0.2) is 11.5 Å². The van der Waals surface area contributed by atoms with E-state index in [1.165, 1.54) is 22.3 Å². The van der Waals surface area contributed by atoms with Gasteiger partial charge < -0.3 is 24.4 Å². The number of hydrogen-bond acceptors (Lipinski definition) is 7. The lowest BCUT2D eigenvalue weighted by Crippen LogP contribution is -2.00. The standard InChI is InChI=1S/C36H34N4O3/c1-25-7-3-5-9-29(25)21-37-31-15-11-27(12-16-31)35-19-33(42-39-35)23-41-24-34-20-36(40-43-34)28-13-17-32(18-14-28)38-22-30-10-6-4-8-26(30)2/h3-20,37-38H,21-24H2,1-2H3. The zero-order valence-corrected chi connectivity index (χ0v) is 24.3. The van der Waals surface area contributed by atoms with Gasteiger partial charge in [-0.1, -0.05) is 83.1 Å². The third-order valence-corrected chi connectivity index (χ3v) is 7.46. The first kappa shape index (κ1) is 28.0. The number of hydrogen-bond donors (Lipinski definition) is 2. The van der Waals surface area contributed by atoms with E-state index in [4.69, 9.17) is 13.8 Å². The van der Waals surface area contributed by atoms with Crippen LogP contribution in [-0.4, -0.2) is 10.3 Å². The molecule has 7 nitrogen and oxygen atoms in total. The van der Waals surface area contributed by atoms with Crippen molar-refractivity contribution in [3.05, 3.63) is 143 Å². The Kier molecular flexibility index (Phi) is 8.61. The fraction of sp³-hybridized carbons (Fsp3) is 0.167. The Morgan fingerprint density at radius 2 is 0.977 bits per heavy atom. The highest BCUT2D eigenvalue weighted by Gasteiger charge is 2.10. The van der Waals surface area contributed by atoms with Crippen molar-refractivity contribution in [3.63, 3.8) is 0 Å². The van der Waals surface area contributed by atoms with Crippen molar-refractivity contribution in [2.24, 2.45) is 0 Å². The maximum atomic E-state index is 5.82. The third-order valence-electron chi connectivity index (χ3n) is 7.46. The lowest BCUT2D eigenvalue weighted by molar-refractivity contribution is 0.0727. The highest BCUT2D eigenvalue weighted by atomic mass is 16.5. The van der Waals surface area contributed by atoms with Gasteiger partial charge in [0.25, 0.3) is 0 Å². The maximum absolute atomic E-state index is 5.82. The number of ether oxygens (including phenoxy) is 1. The molecule has 2 N–H and O–H groups in total. The van der Waals surface area contributed by atoms with Gasteiger partial charge in [0.1, 0.15) is 24.6 Å². The molecule has 6 aromatic rings. The largest absolute Gasteiger partial charge is 0.381 e. The number of aryl methyl sites for hydroxylation is 2. The summed E-state index contributed by atoms with van der Waals surface area (Å²) in [5.41, 5.74) is 10.7. The first-order chi connectivity index (χ1) is 21.1. The molecule has 0 saturated carbocycles. The predicted octanol–water partition coefficient (Wildman–Crippen LogP) is 8.55. The number of nitrogens with one attached hydrogen (secondary N) is 2. The summed E-state index contributed by atoms with van der Waals surface area (Å²) in [6, 6.07) is 36.9. The second-order valence-corrected chi connectivity index (χ2v) is 10.6. The molecule has 0 saturated heterocycles. The van der Waals surface area contributed by atoms with E-state index in [0.717, 1.165) is 47.0 Å². The molecule has 0 aliphatic rings. The molecule has 0 bridgehead atoms. The van der Waals surface area contributed by atoms with Gasteiger partial charge in [-0.05, 0) is 60.4 Å². The SMILES string of the molecule is Cc1ccccc1CNc1ccc(-c2cc(COCc3cc(-c4ccc(NCc5ccccc5C)cc4)no3)on2)cc1. The molecule has 216 valence electrons. The first-order valence-electron chi connectivity index (χ1n) is 14.4. The Hall–Kier alpha value is -5.14. The van der Waals surface area contributed by atoms with E-state index in [1.807, 2.05) is 36.4 Å². The topological polar surface area (TPSA) is 85.4 Å². The molecule has 0 aliphatic heterocycles. The Bertz CT molecular complexity index is 1640. The van der Waals surface area contributed by atoms with Crippen LogP contribution < -0.4 is 10.6 Å². The summed E-state index contributed by atoms with van der Waals surface area (Å²) in [6.07, 6.45) is 0. The van der Waals surface area contributed by atoms with Crippen LogP contribution in [0.4, 0.5) is 11.4 Å². The second kappa shape index (κ2) is 13.2. The van der Waals surface area contributed by atoms with Crippen molar-refractivity contribution in [1.82, 2.24) is 10.3 Å². The highest BCUT2D eigenvalue weighted by Crippen LogP contribution is 2.24. The molecule has 2 heterocycles. The van der Waals surface area contributed by atoms with Gasteiger partial charge >= 0.3 is 0 Å². The molecule has 6 rings (SSSR count). The fourth-order valence-corrected chi connectivity index (χ4v) is 4.82. The number of nitrogens with zero attached hydrogens (tertiary/aromatic N) is 2. The third kappa shape index (κ3) is 7.20. The van der Waals surface area contributed by atoms with Gasteiger partial charge in [-0.3, -0.25) is 0 Å². The van der Waals surface area contributed by atoms with Gasteiger partial charge in [0.2, 0.25) is 0 Å². The van der Waals surface area contributed by atoms with Crippen LogP contribution in [0.1, 0.15) is 33.8 Å². The lowest BCUT2D eigenvalue weighted by atomic mass is 10.1. The molecule has 0 fully saturated rings. The summed E-state index contributed by atoms with van der Waals surface area (Å²) in [6.45, 7) is 6.37. The summed E-state index contributed by atoms with van der Waals surface area (Å²) in [4.78, 5) is 0. The van der Waals surface area contributed by atoms with Crippen LogP contribution in [0.2, 0.25) is 0 Å². The Morgan fingerprint density at radius 3 is 1.40 bits per heavy atom. The number of rotatable bonds is 12. The second-order valence-electron chi connectivity index (χ2n) is 10.6. The van der Waals surface area contributed by atoms with Gasteiger partial charge in [0.05, 0.1) is 0 Å². The molecule has 7 heteroatoms. The van der Waals surface area contributed by atoms with Gasteiger partial charge in [-0.15, -0.1) is 0 Å². The number of benzene rings is 4. The smallest absolute Gasteiger partial charge is 0.163 e. The van der Waals surface area contributed by atoms with Crippen molar-refractivity contribution < 1.29 is 13.8 Å². The van der Waals surface area contributed by atoms with E-state index in [0.29, 0.717) is 11.5 Å². The average molecular weight is 571 g/mol. The van der Waals surface area contributed by atoms with E-state index >= 15 is 0 Å². The molecule has 4 aromatic carbocycles. The zero-order valence-electron chi connectivity index (χ0n) is 24.3. The van der Waals surface area contributed by atoms with E-state index in [2.05, 4.69) is 108 Å². The van der Waals surface area contributed by atoms with Crippen LogP contribution >= 0.6 is 0 Å². The summed E-state index contributed by atoms with van der Waals surface area (Å²) < 4.78 is 16.8. The Labute approximate surface area is 251 Å². The minimum absolute atomic E-state index is 0.278. The van der Waals surface area contributed by atoms with Crippen LogP contribution in [-0.2, 0) is 31.0 Å². The average Bonchev–Trinajstić information content (AvgIpc) is 3.71. The zero-order chi connectivity index (χ0) is 29.4. The fourth-order valence-electron chi connectivity index (χ4n) is 4.82. The lowest BCUT2D eigenvalue weighted by Gasteiger charge is -2.09. The maximum Gasteiger partial charge on any atom is 0.163 e. The van der Waals surface area contributed by atoms with Crippen molar-refractivity contribution >= 4 is 11.4 Å². The molecule has 0 unspecified atom stereocenters. The number of aromatic nitrogens is 2. The van der Waals surface area contributed by atoms with Gasteiger partial charge in [-0.2, -0.15) is 0 Å². The van der Waals surface area contributed by atoms with Crippen LogP contribution in [0, 0.1) is 13.8 Å². The highest BCUT2D eigenvalue weighted by molar-refractivity contribution is 5.63. The van der Waals surface area contributed by atoms with E-state index in [1.54, 1.807) is 0 Å². The van der Waals surface area contributed by atoms with Crippen LogP contribution in [0.3, 0.4) is 0 Å². The van der Waals surface area contributed by atoms with E-state index < -0.39 is 0 Å². The number of anilines is 2. The van der Waals surface area contributed by atoms with E-state index in [9.17, 15) is 0 Å². The molecule has 2 aromatic heterocycles. The molecule has 0 radical (unpaired) electrons. The minimum atomic E-state index is 0.278. The molecule has 0 spiro atoms. The molecular weight excluding hydrogens is 536 g/mol. The molecule has 43 heavy (non-hydrogen) atoms. The van der Waals surface area contributed by atoms with Crippen LogP contribution in [0.25, 0.3) is 22.5 Å². The molecule has 0 aliphatic carbocycles. The molecule has 0 atom stereocenters. The summed E-state index contributed by atoms with van der Waals surface area (Å²) in [5.74, 6) is 1.29. The minimum Gasteiger partial charge on any atom is -0.381 e. The Balaban J connectivity index is 0.968. The first-order valence-corrected chi connectivity index (χ1v) is 14.4. The van der Waals surface area contributed by atoms with E-state index in [-0.39, 0.29) is 13.2 Å². The summed E-state index contributed by atoms with van der Waals surface area (Å²) in [7, 11) is 0. The van der Waals surface area contributed by atoms with Crippen molar-refractivity contribution in [2.45, 2.75) is 40.2 Å². The van der Waals surface area contributed by atoms with Crippen molar-refractivity contribution in [3.8, 4) is 22.5 Å². The van der Waals surface area contributed by atoms with Crippen LogP contribution in [0.15, 0.2) is 118 Å². The van der Waals surface area contributed by atoms with Crippen molar-refractivity contribution in [2.75, 3.05) is 10.6 Å². The van der Waals surface area contributed by atoms with Crippen molar-refractivity contribution in [1.29, 1.82) is 0 Å².